The van der Waals surface area contributed by atoms with Crippen molar-refractivity contribution in [2.45, 2.75) is 24.9 Å². The predicted octanol–water partition coefficient (Wildman–Crippen LogP) is 4.81. The maximum absolute atomic E-state index is 10.6. The molecule has 5 heterocycles. The lowest BCUT2D eigenvalue weighted by Gasteiger charge is -2.38. The number of furan rings is 1. The Kier molecular flexibility index (Phi) is 10.1. The van der Waals surface area contributed by atoms with Crippen molar-refractivity contribution in [2.75, 3.05) is 26.7 Å². The number of rotatable bonds is 4. The summed E-state index contributed by atoms with van der Waals surface area (Å²) in [6, 6.07) is 10.6. The molecule has 222 valence electrons. The van der Waals surface area contributed by atoms with Gasteiger partial charge in [0.2, 0.25) is 0 Å². The van der Waals surface area contributed by atoms with Crippen molar-refractivity contribution in [2.24, 2.45) is 0 Å². The van der Waals surface area contributed by atoms with Gasteiger partial charge in [-0.25, -0.2) is 14.1 Å². The molecule has 17 heteroatoms. The van der Waals surface area contributed by atoms with Crippen molar-refractivity contribution in [3.05, 3.63) is 65.0 Å². The van der Waals surface area contributed by atoms with E-state index in [1.165, 1.54) is 5.56 Å². The first-order chi connectivity index (χ1) is 19.2. The summed E-state index contributed by atoms with van der Waals surface area (Å²) in [6.45, 7) is 3.77. The normalized spacial score (nSPS) is 16.4. The SMILES string of the molecule is CN1CCN(Cc2ccco2)CC1c1nnn2cc(-c3ccsc3)ccc12.O=C(O)C(F)(F)F.O=C(O)C(F)(F)F. The van der Waals surface area contributed by atoms with Crippen LogP contribution in [0, 0.1) is 0 Å². The molecule has 4 aromatic heterocycles. The minimum Gasteiger partial charge on any atom is -0.475 e. The quantitative estimate of drug-likeness (QED) is 0.315. The van der Waals surface area contributed by atoms with Crippen molar-refractivity contribution in [3.8, 4) is 11.1 Å². The Labute approximate surface area is 232 Å². The molecule has 1 atom stereocenters. The number of carboxylic acids is 2. The molecule has 1 saturated heterocycles. The Morgan fingerprint density at radius 1 is 1.02 bits per heavy atom. The highest BCUT2D eigenvalue weighted by molar-refractivity contribution is 7.08. The number of hydrogen-bond acceptors (Lipinski definition) is 8. The van der Waals surface area contributed by atoms with Crippen LogP contribution in [0.4, 0.5) is 26.3 Å². The zero-order valence-corrected chi connectivity index (χ0v) is 21.9. The van der Waals surface area contributed by atoms with Crippen LogP contribution in [-0.4, -0.2) is 85.8 Å². The Bertz CT molecular complexity index is 1400. The second kappa shape index (κ2) is 13.1. The van der Waals surface area contributed by atoms with Gasteiger partial charge in [0.1, 0.15) is 11.5 Å². The molecule has 1 fully saturated rings. The minimum atomic E-state index is -5.08. The molecule has 0 radical (unpaired) electrons. The van der Waals surface area contributed by atoms with Gasteiger partial charge in [-0.3, -0.25) is 9.80 Å². The first-order valence-corrected chi connectivity index (χ1v) is 12.5. The number of carbonyl (C=O) groups is 2. The van der Waals surface area contributed by atoms with Gasteiger partial charge in [0.25, 0.3) is 0 Å². The van der Waals surface area contributed by atoms with E-state index in [2.05, 4.69) is 62.3 Å². The maximum atomic E-state index is 10.6. The van der Waals surface area contributed by atoms with Crippen molar-refractivity contribution >= 4 is 28.8 Å². The third-order valence-corrected chi connectivity index (χ3v) is 6.47. The standard InChI is InChI=1S/C20H21N5OS.2C2HF3O2/c1-23-7-8-24(12-17-3-2-9-26-17)13-19(23)20-18-5-4-15(11-25(18)22-21-20)16-6-10-27-14-16;2*3-2(4,5)1(6)7/h2-6,9-11,14,19H,7-8,12-13H2,1H3;2*(H,6,7). The van der Waals surface area contributed by atoms with Gasteiger partial charge in [-0.2, -0.15) is 37.7 Å². The monoisotopic (exact) mass is 607 g/mol. The number of thiophene rings is 1. The number of pyridine rings is 1. The number of piperazine rings is 1. The first kappa shape index (κ1) is 31.6. The van der Waals surface area contributed by atoms with Crippen molar-refractivity contribution in [3.63, 3.8) is 0 Å². The van der Waals surface area contributed by atoms with E-state index in [9.17, 15) is 26.3 Å². The summed E-state index contributed by atoms with van der Waals surface area (Å²) in [5.74, 6) is -4.51. The number of nitrogens with zero attached hydrogens (tertiary/aromatic N) is 5. The summed E-state index contributed by atoms with van der Waals surface area (Å²) in [5, 5.41) is 27.5. The van der Waals surface area contributed by atoms with Gasteiger partial charge in [-0.1, -0.05) is 11.3 Å². The molecule has 1 unspecified atom stereocenters. The Hall–Kier alpha value is -3.96. The van der Waals surface area contributed by atoms with Gasteiger partial charge in [-0.15, -0.1) is 5.10 Å². The molecule has 0 bridgehead atoms. The van der Waals surface area contributed by atoms with E-state index in [0.29, 0.717) is 0 Å². The van der Waals surface area contributed by atoms with Crippen LogP contribution in [-0.2, 0) is 16.1 Å². The van der Waals surface area contributed by atoms with Crippen LogP contribution in [0.15, 0.2) is 58.0 Å². The molecule has 10 nitrogen and oxygen atoms in total. The van der Waals surface area contributed by atoms with Crippen molar-refractivity contribution in [1.29, 1.82) is 0 Å². The number of likely N-dealkylation sites (N-methyl/N-ethyl adjacent to an activating group) is 1. The van der Waals surface area contributed by atoms with Crippen LogP contribution in [0.5, 0.6) is 0 Å². The topological polar surface area (TPSA) is 124 Å². The van der Waals surface area contributed by atoms with E-state index in [1.54, 1.807) is 17.6 Å². The third-order valence-electron chi connectivity index (χ3n) is 5.79. The van der Waals surface area contributed by atoms with Crippen molar-refractivity contribution < 1.29 is 50.6 Å². The molecule has 0 amide bonds. The number of halogens is 6. The Morgan fingerprint density at radius 2 is 1.68 bits per heavy atom. The summed E-state index contributed by atoms with van der Waals surface area (Å²) in [5.41, 5.74) is 4.50. The molecular weight excluding hydrogens is 584 g/mol. The number of aromatic nitrogens is 3. The molecule has 4 aromatic rings. The highest BCUT2D eigenvalue weighted by Gasteiger charge is 2.39. The Morgan fingerprint density at radius 3 is 2.22 bits per heavy atom. The predicted molar refractivity (Wildman–Crippen MR) is 133 cm³/mol. The summed E-state index contributed by atoms with van der Waals surface area (Å²) in [7, 11) is 2.17. The van der Waals surface area contributed by atoms with Gasteiger partial charge in [-0.05, 0) is 47.6 Å². The maximum Gasteiger partial charge on any atom is 0.490 e. The summed E-state index contributed by atoms with van der Waals surface area (Å²) in [4.78, 5) is 22.6. The molecule has 1 aliphatic heterocycles. The van der Waals surface area contributed by atoms with E-state index in [1.807, 2.05) is 16.6 Å². The largest absolute Gasteiger partial charge is 0.490 e. The van der Waals surface area contributed by atoms with E-state index < -0.39 is 24.3 Å². The fraction of sp³-hybridized carbons (Fsp3) is 0.333. The lowest BCUT2D eigenvalue weighted by molar-refractivity contribution is -0.193. The summed E-state index contributed by atoms with van der Waals surface area (Å²) in [6.07, 6.45) is -6.36. The first-order valence-electron chi connectivity index (χ1n) is 11.6. The van der Waals surface area contributed by atoms with Gasteiger partial charge in [0.05, 0.1) is 24.4 Å². The lowest BCUT2D eigenvalue weighted by atomic mass is 10.1. The summed E-state index contributed by atoms with van der Waals surface area (Å²) >= 11 is 1.70. The number of fused-ring (bicyclic) bond motifs is 1. The van der Waals surface area contributed by atoms with Gasteiger partial charge < -0.3 is 14.6 Å². The molecular formula is C24H23F6N5O5S. The molecule has 2 N–H and O–H groups in total. The molecule has 0 spiro atoms. The van der Waals surface area contributed by atoms with E-state index in [4.69, 9.17) is 24.2 Å². The smallest absolute Gasteiger partial charge is 0.475 e. The zero-order valence-electron chi connectivity index (χ0n) is 21.1. The molecule has 1 aliphatic rings. The highest BCUT2D eigenvalue weighted by atomic mass is 32.1. The highest BCUT2D eigenvalue weighted by Crippen LogP contribution is 2.29. The van der Waals surface area contributed by atoms with Crippen molar-refractivity contribution in [1.82, 2.24) is 24.6 Å². The number of carboxylic acid groups (broad SMARTS) is 2. The van der Waals surface area contributed by atoms with Crippen LogP contribution in [0.25, 0.3) is 16.6 Å². The number of hydrogen-bond donors (Lipinski definition) is 2. The average molecular weight is 608 g/mol. The number of aliphatic carboxylic acids is 2. The van der Waals surface area contributed by atoms with Crippen LogP contribution >= 0.6 is 11.3 Å². The van der Waals surface area contributed by atoms with Crippen LogP contribution in [0.2, 0.25) is 0 Å². The molecule has 0 saturated carbocycles. The van der Waals surface area contributed by atoms with Gasteiger partial charge in [0, 0.05) is 31.4 Å². The molecule has 0 aliphatic carbocycles. The van der Waals surface area contributed by atoms with Crippen LogP contribution < -0.4 is 0 Å². The van der Waals surface area contributed by atoms with Gasteiger partial charge in [0.15, 0.2) is 0 Å². The van der Waals surface area contributed by atoms with Crippen LogP contribution in [0.1, 0.15) is 17.5 Å². The Balaban J connectivity index is 0.000000276. The second-order valence-electron chi connectivity index (χ2n) is 8.65. The van der Waals surface area contributed by atoms with Crippen LogP contribution in [0.3, 0.4) is 0 Å². The second-order valence-corrected chi connectivity index (χ2v) is 9.43. The molecule has 5 rings (SSSR count). The lowest BCUT2D eigenvalue weighted by Crippen LogP contribution is -2.46. The number of alkyl halides is 6. The molecule has 0 aromatic carbocycles. The van der Waals surface area contributed by atoms with E-state index in [0.717, 1.165) is 48.7 Å². The summed E-state index contributed by atoms with van der Waals surface area (Å²) < 4.78 is 70.9. The zero-order chi connectivity index (χ0) is 30.4. The third kappa shape index (κ3) is 8.76. The average Bonchev–Trinajstić information content (AvgIpc) is 3.67. The van der Waals surface area contributed by atoms with E-state index >= 15 is 0 Å². The fourth-order valence-electron chi connectivity index (χ4n) is 3.74. The van der Waals surface area contributed by atoms with E-state index in [-0.39, 0.29) is 6.04 Å². The molecule has 41 heavy (non-hydrogen) atoms. The fourth-order valence-corrected chi connectivity index (χ4v) is 4.41. The van der Waals surface area contributed by atoms with Gasteiger partial charge >= 0.3 is 24.3 Å². The minimum absolute atomic E-state index is 0.221.